The minimum absolute atomic E-state index is 0.630. The molecule has 0 radical (unpaired) electrons. The summed E-state index contributed by atoms with van der Waals surface area (Å²) in [5, 5.41) is 15.3. The van der Waals surface area contributed by atoms with Crippen LogP contribution in [0.4, 0.5) is 0 Å². The minimum atomic E-state index is 0.630. The summed E-state index contributed by atoms with van der Waals surface area (Å²) in [7, 11) is 0. The van der Waals surface area contributed by atoms with Crippen molar-refractivity contribution in [2.75, 3.05) is 26.4 Å². The highest BCUT2D eigenvalue weighted by atomic mass is 32.1. The van der Waals surface area contributed by atoms with Gasteiger partial charge in [0.2, 0.25) is 0 Å². The Balaban J connectivity index is 1.27. The first kappa shape index (κ1) is 81.3. The zero-order chi connectivity index (χ0) is 69.3. The topological polar surface area (TPSA) is 93.4 Å². The van der Waals surface area contributed by atoms with E-state index in [-0.39, 0.29) is 0 Å². The first-order valence-electron chi connectivity index (χ1n) is 41.6. The monoisotopic (exact) mass is 1390 g/mol. The quantitative estimate of drug-likeness (QED) is 0.0348. The van der Waals surface area contributed by atoms with Gasteiger partial charge in [0.15, 0.2) is 23.0 Å². The van der Waals surface area contributed by atoms with E-state index < -0.39 is 0 Å². The highest BCUT2D eigenvalue weighted by molar-refractivity contribution is 7.14. The number of unbranched alkanes of at least 4 members (excludes halogenated alkanes) is 45. The Morgan fingerprint density at radius 1 is 0.283 bits per heavy atom. The van der Waals surface area contributed by atoms with Gasteiger partial charge in [-0.05, 0) is 91.4 Å². The fraction of sp³-hybridized carbons (Fsp3) is 0.682. The molecule has 0 atom stereocenters. The van der Waals surface area contributed by atoms with E-state index in [0.717, 1.165) is 140 Å². The van der Waals surface area contributed by atoms with Crippen molar-refractivity contribution in [3.8, 4) is 66.4 Å². The van der Waals surface area contributed by atoms with E-state index in [1.807, 2.05) is 4.80 Å². The van der Waals surface area contributed by atoms with Crippen molar-refractivity contribution in [2.45, 2.75) is 362 Å². The highest BCUT2D eigenvalue weighted by Crippen LogP contribution is 2.47. The fourth-order valence-electron chi connectivity index (χ4n) is 14.1. The number of ether oxygens (including phenoxy) is 4. The van der Waals surface area contributed by atoms with E-state index in [2.05, 4.69) is 106 Å². The lowest BCUT2D eigenvalue weighted by atomic mass is 9.98. The van der Waals surface area contributed by atoms with Crippen LogP contribution in [-0.2, 0) is 6.54 Å². The van der Waals surface area contributed by atoms with Crippen molar-refractivity contribution >= 4 is 44.7 Å². The van der Waals surface area contributed by atoms with Crippen LogP contribution >= 0.6 is 22.7 Å². The van der Waals surface area contributed by atoms with Crippen LogP contribution < -0.4 is 18.9 Å². The van der Waals surface area contributed by atoms with Gasteiger partial charge in [-0.1, -0.05) is 336 Å². The predicted octanol–water partition coefficient (Wildman–Crippen LogP) is 29.3. The zero-order valence-corrected chi connectivity index (χ0v) is 65.1. The first-order chi connectivity index (χ1) is 49.1. The average molecular weight is 1390 g/mol. The molecule has 0 spiro atoms. The van der Waals surface area contributed by atoms with Gasteiger partial charge >= 0.3 is 0 Å². The maximum atomic E-state index is 6.95. The molecule has 11 heteroatoms. The SMILES string of the molecule is CCCCCCCCCCCCOc1ccc(-c2nc3c(-c4cccs4)c4nn(CCCCCCCCCCCC)nc4c(-c4cccs4)c3nc2-c2ccc(OCCCCCCCCCCCC)c(OCCCCCCCCCCCC)c2)cc1OCCCCCCCCCCCC. The molecule has 4 aromatic heterocycles. The largest absolute Gasteiger partial charge is 0.490 e. The molecule has 99 heavy (non-hydrogen) atoms. The number of nitrogens with zero attached hydrogens (tertiary/aromatic N) is 5. The lowest BCUT2D eigenvalue weighted by Gasteiger charge is -2.19. The first-order valence-corrected chi connectivity index (χ1v) is 43.3. The lowest BCUT2D eigenvalue weighted by Crippen LogP contribution is -2.05. The molecule has 7 aromatic rings. The van der Waals surface area contributed by atoms with Crippen molar-refractivity contribution in [1.82, 2.24) is 25.0 Å². The molecule has 0 bridgehead atoms. The van der Waals surface area contributed by atoms with Crippen molar-refractivity contribution in [3.63, 3.8) is 0 Å². The van der Waals surface area contributed by atoms with Gasteiger partial charge in [-0.15, -0.1) is 22.7 Å². The van der Waals surface area contributed by atoms with Gasteiger partial charge in [-0.2, -0.15) is 15.0 Å². The molecule has 0 amide bonds. The second kappa shape index (κ2) is 52.0. The normalized spacial score (nSPS) is 11.7. The smallest absolute Gasteiger partial charge is 0.161 e. The average Bonchev–Trinajstić information content (AvgIpc) is 1.69. The number of fused-ring (bicyclic) bond motifs is 2. The molecule has 0 fully saturated rings. The third kappa shape index (κ3) is 30.5. The highest BCUT2D eigenvalue weighted by Gasteiger charge is 2.28. The Kier molecular flexibility index (Phi) is 42.7. The minimum Gasteiger partial charge on any atom is -0.490 e. The molecular formula is C88H137N5O4S2. The van der Waals surface area contributed by atoms with Gasteiger partial charge in [0.25, 0.3) is 0 Å². The third-order valence-electron chi connectivity index (χ3n) is 20.2. The van der Waals surface area contributed by atoms with Gasteiger partial charge in [0.1, 0.15) is 22.1 Å². The number of aryl methyl sites for hydroxylation is 1. The van der Waals surface area contributed by atoms with Crippen LogP contribution in [0.25, 0.3) is 65.5 Å². The van der Waals surface area contributed by atoms with Crippen molar-refractivity contribution in [1.29, 1.82) is 0 Å². The molecule has 550 valence electrons. The summed E-state index contributed by atoms with van der Waals surface area (Å²) >= 11 is 3.45. The van der Waals surface area contributed by atoms with Gasteiger partial charge in [0.05, 0.1) is 44.4 Å². The fourth-order valence-corrected chi connectivity index (χ4v) is 15.7. The van der Waals surface area contributed by atoms with Gasteiger partial charge in [0, 0.05) is 32.0 Å². The van der Waals surface area contributed by atoms with Crippen molar-refractivity contribution < 1.29 is 18.9 Å². The maximum absolute atomic E-state index is 6.95. The summed E-state index contributed by atoms with van der Waals surface area (Å²) in [6.07, 6.45) is 64.0. The number of rotatable bonds is 63. The summed E-state index contributed by atoms with van der Waals surface area (Å²) < 4.78 is 27.4. The van der Waals surface area contributed by atoms with Crippen LogP contribution in [0, 0.1) is 0 Å². The van der Waals surface area contributed by atoms with E-state index in [0.29, 0.717) is 26.4 Å². The van der Waals surface area contributed by atoms with Crippen LogP contribution in [-0.4, -0.2) is 51.4 Å². The van der Waals surface area contributed by atoms with E-state index in [9.17, 15) is 0 Å². The molecular weight excluding hydrogens is 1260 g/mol. The molecule has 0 saturated heterocycles. The molecule has 0 aliphatic heterocycles. The van der Waals surface area contributed by atoms with Gasteiger partial charge < -0.3 is 18.9 Å². The third-order valence-corrected chi connectivity index (χ3v) is 22.0. The summed E-state index contributed by atoms with van der Waals surface area (Å²) in [5.41, 5.74) is 8.76. The van der Waals surface area contributed by atoms with E-state index in [1.165, 1.54) is 276 Å². The van der Waals surface area contributed by atoms with E-state index in [4.69, 9.17) is 39.1 Å². The molecule has 0 aliphatic rings. The molecule has 3 aromatic carbocycles. The van der Waals surface area contributed by atoms with Crippen LogP contribution in [0.5, 0.6) is 23.0 Å². The number of benzene rings is 3. The van der Waals surface area contributed by atoms with Gasteiger partial charge in [-0.25, -0.2) is 9.97 Å². The summed E-state index contributed by atoms with van der Waals surface area (Å²) in [6, 6.07) is 21.8. The molecule has 0 N–H and O–H groups in total. The van der Waals surface area contributed by atoms with Crippen LogP contribution in [0.15, 0.2) is 71.4 Å². The van der Waals surface area contributed by atoms with Crippen LogP contribution in [0.1, 0.15) is 356 Å². The number of thiophene rings is 2. The Labute approximate surface area is 611 Å². The summed E-state index contributed by atoms with van der Waals surface area (Å²) in [5.74, 6) is 3.12. The van der Waals surface area contributed by atoms with Crippen molar-refractivity contribution in [2.24, 2.45) is 0 Å². The zero-order valence-electron chi connectivity index (χ0n) is 63.5. The van der Waals surface area contributed by atoms with Crippen LogP contribution in [0.2, 0.25) is 0 Å². The van der Waals surface area contributed by atoms with E-state index in [1.54, 1.807) is 22.7 Å². The number of hydrogen-bond acceptors (Lipinski definition) is 10. The molecule has 0 unspecified atom stereocenters. The Morgan fingerprint density at radius 2 is 0.545 bits per heavy atom. The molecule has 9 nitrogen and oxygen atoms in total. The predicted molar refractivity (Wildman–Crippen MR) is 429 cm³/mol. The lowest BCUT2D eigenvalue weighted by molar-refractivity contribution is 0.258. The standard InChI is InChI=1S/C88H137N5O4S2/c1-6-11-16-21-26-31-36-41-46-51-64-93-91-87-81(79-58-56-69-98-79)85-86(82(88(87)92-93)80-59-57-70-99-80)90-84(74-61-63-76(95-66-53-48-43-38-33-28-23-18-13-8-3)78(72-74)97-68-55-50-45-40-35-30-25-20-15-10-5)83(89-85)73-60-62-75(94-65-52-47-42-37-32-27-22-17-12-7-2)77(71-73)96-67-54-49-44-39-34-29-24-19-14-9-4/h56-63,69-72H,6-55,64-68H2,1-5H3. The second-order valence-electron chi connectivity index (χ2n) is 28.9. The van der Waals surface area contributed by atoms with Crippen LogP contribution in [0.3, 0.4) is 0 Å². The number of hydrogen-bond donors (Lipinski definition) is 0. The Morgan fingerprint density at radius 3 is 0.818 bits per heavy atom. The molecule has 0 aliphatic carbocycles. The molecule has 4 heterocycles. The Bertz CT molecular complexity index is 2940. The number of aromatic nitrogens is 5. The Hall–Kier alpha value is -5.00. The van der Waals surface area contributed by atoms with E-state index >= 15 is 0 Å². The second-order valence-corrected chi connectivity index (χ2v) is 30.8. The molecule has 7 rings (SSSR count). The summed E-state index contributed by atoms with van der Waals surface area (Å²) in [6.45, 7) is 14.8. The summed E-state index contributed by atoms with van der Waals surface area (Å²) in [4.78, 5) is 16.2. The molecule has 0 saturated carbocycles. The van der Waals surface area contributed by atoms with Crippen molar-refractivity contribution in [3.05, 3.63) is 71.4 Å². The maximum Gasteiger partial charge on any atom is 0.161 e. The van der Waals surface area contributed by atoms with Gasteiger partial charge in [-0.3, -0.25) is 0 Å².